The van der Waals surface area contributed by atoms with E-state index in [9.17, 15) is 0 Å². The van der Waals surface area contributed by atoms with Crippen LogP contribution >= 0.6 is 0 Å². The smallest absolute Gasteiger partial charge is 0.101 e. The van der Waals surface area contributed by atoms with Gasteiger partial charge in [-0.1, -0.05) is 0 Å². The second kappa shape index (κ2) is 11.4. The summed E-state index contributed by atoms with van der Waals surface area (Å²) < 4.78 is 0. The zero-order valence-electron chi connectivity index (χ0n) is 8.25. The molecular weight excluding hydrogens is 174 g/mol. The fraction of sp³-hybridized carbons (Fsp3) is 0.875. The average Bonchev–Trinajstić information content (AvgIpc) is 2.15. The SMILES string of the molecule is CC[NH+](CC)CCO.O=C([O-])CO. The first-order chi connectivity index (χ1) is 6.12. The first-order valence-electron chi connectivity index (χ1n) is 4.37. The van der Waals surface area contributed by atoms with E-state index >= 15 is 0 Å². The molecule has 0 amide bonds. The van der Waals surface area contributed by atoms with Gasteiger partial charge in [-0.15, -0.1) is 0 Å². The van der Waals surface area contributed by atoms with Crippen LogP contribution in [-0.4, -0.2) is 49.0 Å². The largest absolute Gasteiger partial charge is 0.548 e. The van der Waals surface area contributed by atoms with Gasteiger partial charge < -0.3 is 25.0 Å². The number of hydrogen-bond acceptors (Lipinski definition) is 4. The lowest BCUT2D eigenvalue weighted by Gasteiger charge is -2.12. The molecule has 0 fully saturated rings. The van der Waals surface area contributed by atoms with Crippen molar-refractivity contribution in [2.45, 2.75) is 13.8 Å². The van der Waals surface area contributed by atoms with Crippen LogP contribution in [0.1, 0.15) is 13.8 Å². The molecule has 0 aliphatic rings. The van der Waals surface area contributed by atoms with E-state index in [-0.39, 0.29) is 0 Å². The number of aliphatic hydroxyl groups excluding tert-OH is 2. The molecule has 0 unspecified atom stereocenters. The summed E-state index contributed by atoms with van der Waals surface area (Å²) in [4.78, 5) is 10.5. The maximum atomic E-state index is 9.01. The fourth-order valence-electron chi connectivity index (χ4n) is 0.762. The molecular formula is C8H19NO4. The van der Waals surface area contributed by atoms with Crippen LogP contribution in [0, 0.1) is 0 Å². The zero-order valence-corrected chi connectivity index (χ0v) is 8.25. The molecule has 0 radical (unpaired) electrons. The Labute approximate surface area is 78.6 Å². The average molecular weight is 193 g/mol. The van der Waals surface area contributed by atoms with Crippen LogP contribution in [0.2, 0.25) is 0 Å². The molecule has 0 saturated carbocycles. The summed E-state index contributed by atoms with van der Waals surface area (Å²) in [5.74, 6) is -1.44. The summed E-state index contributed by atoms with van der Waals surface area (Å²) in [6.07, 6.45) is 0. The summed E-state index contributed by atoms with van der Waals surface area (Å²) in [5, 5.41) is 25.0. The second-order valence-corrected chi connectivity index (χ2v) is 2.46. The Morgan fingerprint density at radius 1 is 1.31 bits per heavy atom. The van der Waals surface area contributed by atoms with Crippen molar-refractivity contribution in [1.29, 1.82) is 0 Å². The highest BCUT2D eigenvalue weighted by Gasteiger charge is 1.97. The number of nitrogens with one attached hydrogen (secondary N) is 1. The van der Waals surface area contributed by atoms with Gasteiger partial charge in [0.25, 0.3) is 0 Å². The van der Waals surface area contributed by atoms with Gasteiger partial charge in [0.1, 0.15) is 6.54 Å². The number of carboxylic acid groups (broad SMARTS) is 1. The summed E-state index contributed by atoms with van der Waals surface area (Å²) in [6.45, 7) is 6.83. The van der Waals surface area contributed by atoms with E-state index in [4.69, 9.17) is 20.1 Å². The van der Waals surface area contributed by atoms with Crippen molar-refractivity contribution in [2.24, 2.45) is 0 Å². The normalized spacial score (nSPS) is 9.31. The monoisotopic (exact) mass is 193 g/mol. The molecule has 0 rings (SSSR count). The summed E-state index contributed by atoms with van der Waals surface area (Å²) in [5.41, 5.74) is 0. The van der Waals surface area contributed by atoms with Gasteiger partial charge in [-0.3, -0.25) is 0 Å². The number of quaternary nitrogens is 1. The Morgan fingerprint density at radius 2 is 1.69 bits per heavy atom. The van der Waals surface area contributed by atoms with E-state index in [0.29, 0.717) is 6.61 Å². The van der Waals surface area contributed by atoms with Gasteiger partial charge in [-0.25, -0.2) is 0 Å². The maximum absolute atomic E-state index is 9.01. The predicted octanol–water partition coefficient (Wildman–Crippen LogP) is -3.37. The maximum Gasteiger partial charge on any atom is 0.101 e. The topological polar surface area (TPSA) is 85.0 Å². The number of likely N-dealkylation sites (N-methyl/N-ethyl adjacent to an activating group) is 1. The Bertz CT molecular complexity index is 115. The molecule has 0 aromatic heterocycles. The van der Waals surface area contributed by atoms with Crippen molar-refractivity contribution in [1.82, 2.24) is 0 Å². The number of hydrogen-bond donors (Lipinski definition) is 3. The minimum absolute atomic E-state index is 0.316. The van der Waals surface area contributed by atoms with Crippen LogP contribution in [0.15, 0.2) is 0 Å². The van der Waals surface area contributed by atoms with Gasteiger partial charge >= 0.3 is 0 Å². The predicted molar refractivity (Wildman–Crippen MR) is 46.1 cm³/mol. The fourth-order valence-corrected chi connectivity index (χ4v) is 0.762. The molecule has 5 nitrogen and oxygen atoms in total. The van der Waals surface area contributed by atoms with Crippen LogP contribution in [0.3, 0.4) is 0 Å². The van der Waals surface area contributed by atoms with Crippen molar-refractivity contribution in [2.75, 3.05) is 32.8 Å². The molecule has 80 valence electrons. The van der Waals surface area contributed by atoms with Crippen LogP contribution in [0.25, 0.3) is 0 Å². The third kappa shape index (κ3) is 14.2. The molecule has 0 heterocycles. The van der Waals surface area contributed by atoms with E-state index in [0.717, 1.165) is 19.6 Å². The highest BCUT2D eigenvalue weighted by atomic mass is 16.4. The molecule has 0 saturated heterocycles. The molecule has 13 heavy (non-hydrogen) atoms. The molecule has 0 aromatic carbocycles. The van der Waals surface area contributed by atoms with Crippen LogP contribution in [0.5, 0.6) is 0 Å². The lowest BCUT2D eigenvalue weighted by molar-refractivity contribution is -0.896. The Hall–Kier alpha value is -0.650. The van der Waals surface area contributed by atoms with Gasteiger partial charge in [0.15, 0.2) is 0 Å². The summed E-state index contributed by atoms with van der Waals surface area (Å²) in [7, 11) is 0. The van der Waals surface area contributed by atoms with E-state index < -0.39 is 12.6 Å². The molecule has 3 N–H and O–H groups in total. The molecule has 0 aliphatic carbocycles. The Kier molecular flexibility index (Phi) is 13.0. The Morgan fingerprint density at radius 3 is 1.77 bits per heavy atom. The zero-order chi connectivity index (χ0) is 10.7. The van der Waals surface area contributed by atoms with E-state index in [2.05, 4.69) is 13.8 Å². The van der Waals surface area contributed by atoms with E-state index in [1.807, 2.05) is 0 Å². The summed E-state index contributed by atoms with van der Waals surface area (Å²) >= 11 is 0. The first-order valence-corrected chi connectivity index (χ1v) is 4.37. The third-order valence-electron chi connectivity index (χ3n) is 1.59. The quantitative estimate of drug-likeness (QED) is 0.425. The third-order valence-corrected chi connectivity index (χ3v) is 1.59. The number of carbonyl (C=O) groups is 1. The molecule has 0 bridgehead atoms. The minimum Gasteiger partial charge on any atom is -0.548 e. The van der Waals surface area contributed by atoms with Gasteiger partial charge in [0, 0.05) is 0 Å². The number of aliphatic hydroxyl groups is 2. The molecule has 5 heteroatoms. The van der Waals surface area contributed by atoms with Crippen molar-refractivity contribution >= 4 is 5.97 Å². The lowest BCUT2D eigenvalue weighted by atomic mass is 10.5. The molecule has 0 aliphatic heterocycles. The number of rotatable bonds is 5. The van der Waals surface area contributed by atoms with E-state index in [1.54, 1.807) is 0 Å². The van der Waals surface area contributed by atoms with Crippen molar-refractivity contribution in [3.63, 3.8) is 0 Å². The van der Waals surface area contributed by atoms with Crippen LogP contribution < -0.4 is 10.0 Å². The lowest BCUT2D eigenvalue weighted by Crippen LogP contribution is -3.11. The van der Waals surface area contributed by atoms with Gasteiger partial charge in [-0.05, 0) is 13.8 Å². The van der Waals surface area contributed by atoms with Crippen molar-refractivity contribution in [3.05, 3.63) is 0 Å². The number of aliphatic carboxylic acids is 1. The van der Waals surface area contributed by atoms with Crippen molar-refractivity contribution in [3.8, 4) is 0 Å². The van der Waals surface area contributed by atoms with Crippen LogP contribution in [0.4, 0.5) is 0 Å². The number of carbonyl (C=O) groups excluding carboxylic acids is 1. The summed E-state index contributed by atoms with van der Waals surface area (Å²) in [6, 6.07) is 0. The molecule has 0 aromatic rings. The molecule has 0 spiro atoms. The van der Waals surface area contributed by atoms with Gasteiger partial charge in [0.05, 0.1) is 32.3 Å². The highest BCUT2D eigenvalue weighted by Crippen LogP contribution is 1.48. The first kappa shape index (κ1) is 14.9. The number of carboxylic acids is 1. The molecule has 0 atom stereocenters. The van der Waals surface area contributed by atoms with E-state index in [1.165, 1.54) is 4.90 Å². The highest BCUT2D eigenvalue weighted by molar-refractivity contribution is 5.65. The van der Waals surface area contributed by atoms with Crippen molar-refractivity contribution < 1.29 is 25.0 Å². The minimum atomic E-state index is -1.44. The standard InChI is InChI=1S/C6H15NO.C2H4O3/c1-3-7(4-2)5-6-8;3-1-2(4)5/h8H,3-6H2,1-2H3;3H,1H2,(H,4,5). The Balaban J connectivity index is 0. The van der Waals surface area contributed by atoms with Gasteiger partial charge in [-0.2, -0.15) is 0 Å². The van der Waals surface area contributed by atoms with Gasteiger partial charge in [0.2, 0.25) is 0 Å². The second-order valence-electron chi connectivity index (χ2n) is 2.46. The van der Waals surface area contributed by atoms with Crippen LogP contribution in [-0.2, 0) is 4.79 Å².